The number of hydrogen-bond donors (Lipinski definition) is 2. The smallest absolute Gasteiger partial charge is 0.275 e. The summed E-state index contributed by atoms with van der Waals surface area (Å²) in [6.07, 6.45) is 7.29. The Kier molecular flexibility index (Phi) is 4.76. The van der Waals surface area contributed by atoms with E-state index in [2.05, 4.69) is 31.9 Å². The van der Waals surface area contributed by atoms with Crippen LogP contribution in [0.4, 0.5) is 5.82 Å². The van der Waals surface area contributed by atoms with Crippen molar-refractivity contribution in [3.8, 4) is 0 Å². The van der Waals surface area contributed by atoms with Crippen molar-refractivity contribution in [1.29, 1.82) is 0 Å². The number of carbonyl (C=O) groups excluding carboxylic acids is 1. The molecular weight excluding hydrogens is 292 g/mol. The first-order chi connectivity index (χ1) is 11.1. The van der Waals surface area contributed by atoms with Gasteiger partial charge in [0.05, 0.1) is 12.2 Å². The van der Waals surface area contributed by atoms with Crippen LogP contribution in [0.5, 0.6) is 0 Å². The van der Waals surface area contributed by atoms with Crippen molar-refractivity contribution in [2.75, 3.05) is 26.0 Å². The Labute approximate surface area is 136 Å². The summed E-state index contributed by atoms with van der Waals surface area (Å²) in [7, 11) is 3.99. The number of nitrogens with zero attached hydrogens (tertiary/aromatic N) is 4. The molecule has 2 aromatic rings. The summed E-state index contributed by atoms with van der Waals surface area (Å²) in [6, 6.07) is 3.66. The number of nitrogens with one attached hydrogen (secondary N) is 2. The fourth-order valence-electron chi connectivity index (χ4n) is 2.82. The third kappa shape index (κ3) is 3.79. The molecule has 1 saturated carbocycles. The van der Waals surface area contributed by atoms with Crippen LogP contribution < -0.4 is 5.32 Å². The van der Waals surface area contributed by atoms with E-state index in [1.165, 1.54) is 0 Å². The molecule has 1 aliphatic carbocycles. The molecule has 1 aliphatic rings. The monoisotopic (exact) mass is 315 g/mol. The van der Waals surface area contributed by atoms with Gasteiger partial charge in [-0.25, -0.2) is 0 Å². The molecule has 0 saturated heterocycles. The highest BCUT2D eigenvalue weighted by molar-refractivity contribution is 6.02. The first-order valence-corrected chi connectivity index (χ1v) is 7.98. The fourth-order valence-corrected chi connectivity index (χ4v) is 2.82. The summed E-state index contributed by atoms with van der Waals surface area (Å²) in [5, 5.41) is 14.3. The number of rotatable bonds is 6. The second-order valence-corrected chi connectivity index (χ2v) is 6.20. The highest BCUT2D eigenvalue weighted by Crippen LogP contribution is 2.33. The number of amides is 1. The van der Waals surface area contributed by atoms with Crippen LogP contribution in [-0.4, -0.2) is 51.4 Å². The molecular formula is C16H23N6O. The lowest BCUT2D eigenvalue weighted by Gasteiger charge is -2.11. The molecule has 2 heterocycles. The summed E-state index contributed by atoms with van der Waals surface area (Å²) in [6.45, 7) is 1.50. The van der Waals surface area contributed by atoms with Gasteiger partial charge in [-0.1, -0.05) is 0 Å². The Hall–Kier alpha value is -2.15. The van der Waals surface area contributed by atoms with Gasteiger partial charge in [-0.15, -0.1) is 0 Å². The number of likely N-dealkylation sites (N-methyl/N-ethyl adjacent to an activating group) is 1. The van der Waals surface area contributed by atoms with Crippen LogP contribution in [0.3, 0.4) is 0 Å². The second-order valence-electron chi connectivity index (χ2n) is 6.20. The van der Waals surface area contributed by atoms with Crippen molar-refractivity contribution < 1.29 is 4.79 Å². The first kappa shape index (κ1) is 15.7. The van der Waals surface area contributed by atoms with Crippen molar-refractivity contribution in [3.05, 3.63) is 36.1 Å². The summed E-state index contributed by atoms with van der Waals surface area (Å²) >= 11 is 0. The summed E-state index contributed by atoms with van der Waals surface area (Å²) in [5.41, 5.74) is 1.58. The third-order valence-corrected chi connectivity index (χ3v) is 4.14. The number of carbonyl (C=O) groups is 1. The Morgan fingerprint density at radius 3 is 3.13 bits per heavy atom. The van der Waals surface area contributed by atoms with Gasteiger partial charge < -0.3 is 10.2 Å². The van der Waals surface area contributed by atoms with Crippen LogP contribution in [0, 0.1) is 6.42 Å². The quantitative estimate of drug-likeness (QED) is 0.853. The molecule has 7 nitrogen and oxygen atoms in total. The maximum Gasteiger partial charge on any atom is 0.275 e. The highest BCUT2D eigenvalue weighted by atomic mass is 16.2. The Morgan fingerprint density at radius 1 is 1.52 bits per heavy atom. The van der Waals surface area contributed by atoms with Gasteiger partial charge in [0, 0.05) is 24.7 Å². The predicted octanol–water partition coefficient (Wildman–Crippen LogP) is 1.89. The normalized spacial score (nSPS) is 15.4. The Balaban J connectivity index is 1.64. The molecule has 0 unspecified atom stereocenters. The van der Waals surface area contributed by atoms with Crippen LogP contribution in [0.25, 0.3) is 0 Å². The second kappa shape index (κ2) is 6.95. The minimum absolute atomic E-state index is 0.172. The standard InChI is InChI=1S/C16H23N6O/c1-21(2)9-10-22-14(7-8-17-22)16(23)18-15-11-13(19-20-15)12-5-3-4-6-12/h3,7-8,11-12H,4-6,9-10H2,1-2H3,(H2,18,19,20,23)/t12-/m0/s1. The molecule has 1 atom stereocenters. The van der Waals surface area contributed by atoms with E-state index in [9.17, 15) is 4.79 Å². The average molecular weight is 315 g/mol. The van der Waals surface area contributed by atoms with E-state index < -0.39 is 0 Å². The zero-order valence-corrected chi connectivity index (χ0v) is 13.6. The van der Waals surface area contributed by atoms with Crippen LogP contribution in [0.2, 0.25) is 0 Å². The summed E-state index contributed by atoms with van der Waals surface area (Å²) < 4.78 is 1.72. The minimum Gasteiger partial charge on any atom is -0.308 e. The molecule has 0 aliphatic heterocycles. The molecule has 0 bridgehead atoms. The molecule has 7 heteroatoms. The lowest BCUT2D eigenvalue weighted by molar-refractivity contribution is 0.101. The zero-order chi connectivity index (χ0) is 16.2. The van der Waals surface area contributed by atoms with Gasteiger partial charge >= 0.3 is 0 Å². The SMILES string of the molecule is CN(C)CCn1nccc1C(=O)Nc1cc([C@H]2C[CH]CC2)n[nH]1. The molecule has 1 radical (unpaired) electrons. The molecule has 123 valence electrons. The average Bonchev–Trinajstić information content (AvgIpc) is 3.25. The maximum absolute atomic E-state index is 12.4. The zero-order valence-electron chi connectivity index (χ0n) is 13.6. The van der Waals surface area contributed by atoms with Gasteiger partial charge in [-0.05, 0) is 45.8 Å². The van der Waals surface area contributed by atoms with E-state index in [4.69, 9.17) is 0 Å². The maximum atomic E-state index is 12.4. The third-order valence-electron chi connectivity index (χ3n) is 4.14. The number of aromatic nitrogens is 4. The number of anilines is 1. The van der Waals surface area contributed by atoms with Gasteiger partial charge in [0.1, 0.15) is 11.5 Å². The Morgan fingerprint density at radius 2 is 2.39 bits per heavy atom. The number of H-pyrrole nitrogens is 1. The van der Waals surface area contributed by atoms with Crippen molar-refractivity contribution in [2.45, 2.75) is 31.7 Å². The van der Waals surface area contributed by atoms with Gasteiger partial charge in [0.2, 0.25) is 0 Å². The van der Waals surface area contributed by atoms with Gasteiger partial charge in [-0.2, -0.15) is 10.2 Å². The van der Waals surface area contributed by atoms with Crippen LogP contribution >= 0.6 is 0 Å². The molecule has 0 spiro atoms. The van der Waals surface area contributed by atoms with Crippen molar-refractivity contribution in [2.24, 2.45) is 0 Å². The topological polar surface area (TPSA) is 78.8 Å². The molecule has 3 rings (SSSR count). The van der Waals surface area contributed by atoms with Gasteiger partial charge in [0.15, 0.2) is 0 Å². The van der Waals surface area contributed by atoms with E-state index in [-0.39, 0.29) is 5.91 Å². The molecule has 1 fully saturated rings. The lowest BCUT2D eigenvalue weighted by Crippen LogP contribution is -2.23. The largest absolute Gasteiger partial charge is 0.308 e. The molecule has 23 heavy (non-hydrogen) atoms. The van der Waals surface area contributed by atoms with Crippen molar-refractivity contribution in [3.63, 3.8) is 0 Å². The predicted molar refractivity (Wildman–Crippen MR) is 88.2 cm³/mol. The van der Waals surface area contributed by atoms with E-state index >= 15 is 0 Å². The van der Waals surface area contributed by atoms with E-state index in [0.717, 1.165) is 31.5 Å². The highest BCUT2D eigenvalue weighted by Gasteiger charge is 2.20. The first-order valence-electron chi connectivity index (χ1n) is 7.98. The van der Waals surface area contributed by atoms with Crippen LogP contribution in [0.15, 0.2) is 18.3 Å². The van der Waals surface area contributed by atoms with Gasteiger partial charge in [-0.3, -0.25) is 14.6 Å². The molecule has 2 aromatic heterocycles. The summed E-state index contributed by atoms with van der Waals surface area (Å²) in [5.74, 6) is 0.939. The molecule has 0 aromatic carbocycles. The van der Waals surface area contributed by atoms with Crippen LogP contribution in [0.1, 0.15) is 41.4 Å². The van der Waals surface area contributed by atoms with E-state index in [1.54, 1.807) is 16.9 Å². The van der Waals surface area contributed by atoms with Crippen molar-refractivity contribution >= 4 is 11.7 Å². The van der Waals surface area contributed by atoms with Crippen LogP contribution in [-0.2, 0) is 6.54 Å². The van der Waals surface area contributed by atoms with Gasteiger partial charge in [0.25, 0.3) is 5.91 Å². The van der Waals surface area contributed by atoms with E-state index in [1.807, 2.05) is 20.2 Å². The summed E-state index contributed by atoms with van der Waals surface area (Å²) in [4.78, 5) is 14.5. The number of aromatic amines is 1. The van der Waals surface area contributed by atoms with E-state index in [0.29, 0.717) is 24.0 Å². The fraction of sp³-hybridized carbons (Fsp3) is 0.500. The number of hydrogen-bond acceptors (Lipinski definition) is 4. The lowest BCUT2D eigenvalue weighted by atomic mass is 10.0. The molecule has 2 N–H and O–H groups in total. The van der Waals surface area contributed by atoms with Crippen molar-refractivity contribution in [1.82, 2.24) is 24.9 Å². The molecule has 1 amide bonds. The Bertz CT molecular complexity index is 653. The minimum atomic E-state index is -0.172.